The first-order valence-electron chi connectivity index (χ1n) is 6.66. The Labute approximate surface area is 128 Å². The highest BCUT2D eigenvalue weighted by atomic mass is 79.9. The number of hydrogen-bond donors (Lipinski definition) is 1. The third-order valence-electron chi connectivity index (χ3n) is 2.97. The Morgan fingerprint density at radius 2 is 2.05 bits per heavy atom. The highest BCUT2D eigenvalue weighted by molar-refractivity contribution is 9.10. The number of halogens is 1. The van der Waals surface area contributed by atoms with Crippen LogP contribution in [0.5, 0.6) is 11.5 Å². The molecule has 0 aliphatic carbocycles. The van der Waals surface area contributed by atoms with E-state index < -0.39 is 0 Å². The van der Waals surface area contributed by atoms with Gasteiger partial charge in [0.25, 0.3) is 0 Å². The van der Waals surface area contributed by atoms with E-state index in [1.807, 2.05) is 31.4 Å². The first-order chi connectivity index (χ1) is 9.60. The predicted molar refractivity (Wildman–Crippen MR) is 85.3 cm³/mol. The van der Waals surface area contributed by atoms with Crippen molar-refractivity contribution in [2.45, 2.75) is 26.3 Å². The molecule has 4 heteroatoms. The summed E-state index contributed by atoms with van der Waals surface area (Å²) in [5.41, 5.74) is 2.28. The highest BCUT2D eigenvalue weighted by Gasteiger charge is 2.10. The normalized spacial score (nSPS) is 10.8. The molecule has 106 valence electrons. The van der Waals surface area contributed by atoms with Crippen molar-refractivity contribution in [2.75, 3.05) is 7.05 Å². The van der Waals surface area contributed by atoms with Crippen molar-refractivity contribution < 1.29 is 4.74 Å². The second-order valence-corrected chi connectivity index (χ2v) is 5.91. The molecule has 0 spiro atoms. The van der Waals surface area contributed by atoms with Crippen LogP contribution in [0.25, 0.3) is 0 Å². The number of nitrogens with one attached hydrogen (secondary N) is 1. The summed E-state index contributed by atoms with van der Waals surface area (Å²) in [7, 11) is 1.92. The highest BCUT2D eigenvalue weighted by Crippen LogP contribution is 2.32. The summed E-state index contributed by atoms with van der Waals surface area (Å²) < 4.78 is 7.07. The summed E-state index contributed by atoms with van der Waals surface area (Å²) in [5, 5.41) is 3.11. The van der Waals surface area contributed by atoms with Gasteiger partial charge in [0.2, 0.25) is 0 Å². The molecule has 0 aliphatic heterocycles. The molecule has 3 nitrogen and oxygen atoms in total. The van der Waals surface area contributed by atoms with Crippen molar-refractivity contribution in [3.63, 3.8) is 0 Å². The van der Waals surface area contributed by atoms with Crippen molar-refractivity contribution in [3.8, 4) is 11.5 Å². The Kier molecular flexibility index (Phi) is 5.15. The van der Waals surface area contributed by atoms with Crippen LogP contribution in [0.3, 0.4) is 0 Å². The number of pyridine rings is 1. The average Bonchev–Trinajstić information content (AvgIpc) is 2.41. The SMILES string of the molecule is CNCc1cncc(Oc2ccc(Br)cc2C(C)C)c1. The van der Waals surface area contributed by atoms with Gasteiger partial charge in [0.15, 0.2) is 0 Å². The number of nitrogens with zero attached hydrogens (tertiary/aromatic N) is 1. The zero-order valence-corrected chi connectivity index (χ0v) is 13.6. The van der Waals surface area contributed by atoms with Gasteiger partial charge in [-0.15, -0.1) is 0 Å². The van der Waals surface area contributed by atoms with Gasteiger partial charge >= 0.3 is 0 Å². The number of rotatable bonds is 5. The number of ether oxygens (including phenoxy) is 1. The molecule has 0 saturated carbocycles. The molecular formula is C16H19BrN2O. The topological polar surface area (TPSA) is 34.2 Å². The maximum absolute atomic E-state index is 6.00. The molecule has 1 N–H and O–H groups in total. The van der Waals surface area contributed by atoms with Gasteiger partial charge in [-0.1, -0.05) is 29.8 Å². The molecule has 0 unspecified atom stereocenters. The molecule has 0 aliphatic rings. The first kappa shape index (κ1) is 15.0. The molecule has 0 radical (unpaired) electrons. The zero-order chi connectivity index (χ0) is 14.5. The Bertz CT molecular complexity index is 584. The number of aromatic nitrogens is 1. The van der Waals surface area contributed by atoms with Crippen molar-refractivity contribution in [3.05, 3.63) is 52.3 Å². The smallest absolute Gasteiger partial charge is 0.146 e. The van der Waals surface area contributed by atoms with Crippen molar-refractivity contribution in [2.24, 2.45) is 0 Å². The van der Waals surface area contributed by atoms with Crippen LogP contribution in [0, 0.1) is 0 Å². The minimum absolute atomic E-state index is 0.399. The van der Waals surface area contributed by atoms with E-state index in [0.29, 0.717) is 5.92 Å². The minimum atomic E-state index is 0.399. The molecule has 0 amide bonds. The van der Waals surface area contributed by atoms with Gasteiger partial charge in [0.1, 0.15) is 11.5 Å². The maximum atomic E-state index is 6.00. The van der Waals surface area contributed by atoms with Crippen LogP contribution in [-0.2, 0) is 6.54 Å². The van der Waals surface area contributed by atoms with Gasteiger partial charge in [-0.2, -0.15) is 0 Å². The average molecular weight is 335 g/mol. The van der Waals surface area contributed by atoms with Gasteiger partial charge in [-0.05, 0) is 48.4 Å². The molecule has 1 aromatic heterocycles. The quantitative estimate of drug-likeness (QED) is 0.875. The van der Waals surface area contributed by atoms with Crippen molar-refractivity contribution in [1.82, 2.24) is 10.3 Å². The lowest BCUT2D eigenvalue weighted by molar-refractivity contribution is 0.469. The lowest BCUT2D eigenvalue weighted by atomic mass is 10.0. The van der Waals surface area contributed by atoms with Crippen LogP contribution in [-0.4, -0.2) is 12.0 Å². The van der Waals surface area contributed by atoms with E-state index in [2.05, 4.69) is 46.1 Å². The second-order valence-electron chi connectivity index (χ2n) is 5.00. The molecule has 1 aromatic carbocycles. The molecule has 0 atom stereocenters. The Hall–Kier alpha value is -1.39. The van der Waals surface area contributed by atoms with Crippen LogP contribution in [0.1, 0.15) is 30.9 Å². The third kappa shape index (κ3) is 3.81. The molecule has 20 heavy (non-hydrogen) atoms. The van der Waals surface area contributed by atoms with Crippen LogP contribution in [0.4, 0.5) is 0 Å². The van der Waals surface area contributed by atoms with E-state index in [9.17, 15) is 0 Å². The van der Waals surface area contributed by atoms with Crippen molar-refractivity contribution in [1.29, 1.82) is 0 Å². The molecule has 1 heterocycles. The van der Waals surface area contributed by atoms with E-state index in [1.54, 1.807) is 6.20 Å². The largest absolute Gasteiger partial charge is 0.455 e. The summed E-state index contributed by atoms with van der Waals surface area (Å²) in [6.07, 6.45) is 3.58. The summed E-state index contributed by atoms with van der Waals surface area (Å²) in [6, 6.07) is 8.09. The summed E-state index contributed by atoms with van der Waals surface area (Å²) >= 11 is 3.51. The van der Waals surface area contributed by atoms with E-state index >= 15 is 0 Å². The van der Waals surface area contributed by atoms with E-state index in [-0.39, 0.29) is 0 Å². The van der Waals surface area contributed by atoms with Gasteiger partial charge in [0, 0.05) is 17.2 Å². The molecular weight excluding hydrogens is 316 g/mol. The number of benzene rings is 1. The lowest BCUT2D eigenvalue weighted by Crippen LogP contribution is -2.05. The number of hydrogen-bond acceptors (Lipinski definition) is 3. The summed E-state index contributed by atoms with van der Waals surface area (Å²) in [6.45, 7) is 5.09. The molecule has 0 bridgehead atoms. The molecule has 2 aromatic rings. The molecule has 0 fully saturated rings. The Balaban J connectivity index is 2.27. The van der Waals surface area contributed by atoms with Crippen molar-refractivity contribution >= 4 is 15.9 Å². The fourth-order valence-corrected chi connectivity index (χ4v) is 2.39. The summed E-state index contributed by atoms with van der Waals surface area (Å²) in [4.78, 5) is 4.22. The molecule has 2 rings (SSSR count). The minimum Gasteiger partial charge on any atom is -0.455 e. The van der Waals surface area contributed by atoms with Gasteiger partial charge in [0.05, 0.1) is 6.20 Å². The van der Waals surface area contributed by atoms with Crippen LogP contribution in [0.2, 0.25) is 0 Å². The fourth-order valence-electron chi connectivity index (χ4n) is 2.01. The van der Waals surface area contributed by atoms with Crippen LogP contribution >= 0.6 is 15.9 Å². The zero-order valence-electron chi connectivity index (χ0n) is 12.0. The van der Waals surface area contributed by atoms with Gasteiger partial charge in [-0.3, -0.25) is 4.98 Å². The maximum Gasteiger partial charge on any atom is 0.146 e. The Morgan fingerprint density at radius 1 is 1.25 bits per heavy atom. The van der Waals surface area contributed by atoms with Crippen LogP contribution in [0.15, 0.2) is 41.1 Å². The predicted octanol–water partition coefficient (Wildman–Crippen LogP) is 4.48. The second kappa shape index (κ2) is 6.86. The van der Waals surface area contributed by atoms with Gasteiger partial charge in [-0.25, -0.2) is 0 Å². The third-order valence-corrected chi connectivity index (χ3v) is 3.47. The molecule has 0 saturated heterocycles. The van der Waals surface area contributed by atoms with E-state index in [4.69, 9.17) is 4.74 Å². The Morgan fingerprint density at radius 3 is 2.75 bits per heavy atom. The fraction of sp³-hybridized carbons (Fsp3) is 0.312. The van der Waals surface area contributed by atoms with E-state index in [1.165, 1.54) is 5.56 Å². The van der Waals surface area contributed by atoms with Crippen LogP contribution < -0.4 is 10.1 Å². The van der Waals surface area contributed by atoms with Gasteiger partial charge < -0.3 is 10.1 Å². The first-order valence-corrected chi connectivity index (χ1v) is 7.45. The lowest BCUT2D eigenvalue weighted by Gasteiger charge is -2.14. The monoisotopic (exact) mass is 334 g/mol. The standard InChI is InChI=1S/C16H19BrN2O/c1-11(2)15-7-13(17)4-5-16(15)20-14-6-12(8-18-3)9-19-10-14/h4-7,9-11,18H,8H2,1-3H3. The van der Waals surface area contributed by atoms with E-state index in [0.717, 1.165) is 28.1 Å². The summed E-state index contributed by atoms with van der Waals surface area (Å²) in [5.74, 6) is 2.05.